The molecule has 0 aromatic heterocycles. The van der Waals surface area contributed by atoms with Gasteiger partial charge in [0.25, 0.3) is 0 Å². The van der Waals surface area contributed by atoms with E-state index < -0.39 is 5.60 Å². The van der Waals surface area contributed by atoms with Gasteiger partial charge in [0.2, 0.25) is 0 Å². The first-order valence-corrected chi connectivity index (χ1v) is 11.3. The SMILES string of the molecule is C#CC1(OC(=O)C(C)CC)CCC2C3CCC4=C(CCC(=O)C4)C3CCC21C. The molecular weight excluding hydrogens is 348 g/mol. The Morgan fingerprint density at radius 1 is 1.25 bits per heavy atom. The number of Topliss-reactive ketones (excluding diaryl/α,β-unsaturated/α-hetero) is 1. The highest BCUT2D eigenvalue weighted by Gasteiger charge is 2.64. The van der Waals surface area contributed by atoms with Gasteiger partial charge in [-0.05, 0) is 69.1 Å². The second kappa shape index (κ2) is 7.05. The molecule has 2 saturated carbocycles. The molecule has 0 N–H and O–H groups in total. The lowest BCUT2D eigenvalue weighted by Crippen LogP contribution is -2.53. The van der Waals surface area contributed by atoms with Gasteiger partial charge in [-0.2, -0.15) is 0 Å². The van der Waals surface area contributed by atoms with Crippen LogP contribution in [-0.2, 0) is 14.3 Å². The van der Waals surface area contributed by atoms with Crippen LogP contribution >= 0.6 is 0 Å². The molecule has 0 bridgehead atoms. The fourth-order valence-corrected chi connectivity index (χ4v) is 6.92. The molecule has 0 spiro atoms. The lowest BCUT2D eigenvalue weighted by atomic mass is 9.52. The molecule has 4 rings (SSSR count). The molecular formula is C25H34O3. The third kappa shape index (κ3) is 2.78. The number of terminal acetylenes is 1. The Balaban J connectivity index is 1.61. The molecule has 28 heavy (non-hydrogen) atoms. The summed E-state index contributed by atoms with van der Waals surface area (Å²) in [6.07, 6.45) is 15.5. The van der Waals surface area contributed by atoms with Crippen molar-refractivity contribution in [2.24, 2.45) is 29.1 Å². The zero-order chi connectivity index (χ0) is 20.1. The number of hydrogen-bond donors (Lipinski definition) is 0. The number of fused-ring (bicyclic) bond motifs is 4. The minimum Gasteiger partial charge on any atom is -0.445 e. The topological polar surface area (TPSA) is 43.4 Å². The number of allylic oxidation sites excluding steroid dienone is 2. The number of esters is 1. The monoisotopic (exact) mass is 382 g/mol. The van der Waals surface area contributed by atoms with Crippen molar-refractivity contribution in [3.63, 3.8) is 0 Å². The molecule has 3 heteroatoms. The van der Waals surface area contributed by atoms with Crippen molar-refractivity contribution in [2.75, 3.05) is 0 Å². The minimum absolute atomic E-state index is 0.105. The lowest BCUT2D eigenvalue weighted by Gasteiger charge is -2.53. The van der Waals surface area contributed by atoms with Crippen LogP contribution in [0.15, 0.2) is 11.1 Å². The lowest BCUT2D eigenvalue weighted by molar-refractivity contribution is -0.173. The van der Waals surface area contributed by atoms with Gasteiger partial charge in [-0.1, -0.05) is 37.8 Å². The summed E-state index contributed by atoms with van der Waals surface area (Å²) in [6.45, 7) is 6.23. The van der Waals surface area contributed by atoms with Gasteiger partial charge in [0.1, 0.15) is 5.78 Å². The molecule has 4 aliphatic rings. The van der Waals surface area contributed by atoms with Gasteiger partial charge in [0.05, 0.1) is 5.92 Å². The standard InChI is InChI=1S/C25H34O3/c1-5-16(3)23(27)28-25(6-2)14-12-22-21-9-7-17-15-18(26)8-10-19(17)20(21)11-13-24(22,25)4/h2,16,20-22H,5,7-15H2,1,3-4H3. The molecule has 0 radical (unpaired) electrons. The summed E-state index contributed by atoms with van der Waals surface area (Å²) < 4.78 is 6.14. The van der Waals surface area contributed by atoms with E-state index in [4.69, 9.17) is 11.2 Å². The summed E-state index contributed by atoms with van der Waals surface area (Å²) in [7, 11) is 0. The maximum Gasteiger partial charge on any atom is 0.310 e. The quantitative estimate of drug-likeness (QED) is 0.381. The molecule has 0 aromatic carbocycles. The second-order valence-corrected chi connectivity index (χ2v) is 9.96. The van der Waals surface area contributed by atoms with E-state index in [0.717, 1.165) is 57.8 Å². The molecule has 3 nitrogen and oxygen atoms in total. The highest BCUT2D eigenvalue weighted by Crippen LogP contribution is 2.65. The van der Waals surface area contributed by atoms with E-state index >= 15 is 0 Å². The highest BCUT2D eigenvalue weighted by molar-refractivity contribution is 5.82. The number of carbonyl (C=O) groups is 2. The summed E-state index contributed by atoms with van der Waals surface area (Å²) in [6, 6.07) is 0. The summed E-state index contributed by atoms with van der Waals surface area (Å²) in [5.41, 5.74) is 2.17. The Morgan fingerprint density at radius 2 is 2.04 bits per heavy atom. The van der Waals surface area contributed by atoms with Crippen LogP contribution in [-0.4, -0.2) is 17.4 Å². The van der Waals surface area contributed by atoms with Gasteiger partial charge < -0.3 is 4.74 Å². The molecule has 2 fully saturated rings. The average molecular weight is 383 g/mol. The zero-order valence-corrected chi connectivity index (χ0v) is 17.7. The van der Waals surface area contributed by atoms with Gasteiger partial charge in [-0.25, -0.2) is 0 Å². The second-order valence-electron chi connectivity index (χ2n) is 9.96. The van der Waals surface area contributed by atoms with E-state index in [1.54, 1.807) is 5.57 Å². The van der Waals surface area contributed by atoms with Crippen molar-refractivity contribution < 1.29 is 14.3 Å². The van der Waals surface area contributed by atoms with E-state index in [2.05, 4.69) is 12.8 Å². The molecule has 0 saturated heterocycles. The van der Waals surface area contributed by atoms with Crippen LogP contribution in [0.1, 0.15) is 85.0 Å². The molecule has 0 aromatic rings. The first-order chi connectivity index (χ1) is 13.3. The first-order valence-electron chi connectivity index (χ1n) is 11.3. The maximum atomic E-state index is 12.7. The Kier molecular flexibility index (Phi) is 4.97. The molecule has 0 amide bonds. The molecule has 152 valence electrons. The number of hydrogen-bond acceptors (Lipinski definition) is 3. The Bertz CT molecular complexity index is 756. The first kappa shape index (κ1) is 19.7. The minimum atomic E-state index is -0.750. The predicted octanol–water partition coefficient (Wildman–Crippen LogP) is 5.23. The van der Waals surface area contributed by atoms with Crippen molar-refractivity contribution in [3.05, 3.63) is 11.1 Å². The van der Waals surface area contributed by atoms with Crippen LogP contribution in [0.2, 0.25) is 0 Å². The number of ether oxygens (including phenoxy) is 1. The third-order valence-electron chi connectivity index (χ3n) is 8.84. The van der Waals surface area contributed by atoms with Crippen LogP contribution in [0.25, 0.3) is 0 Å². The van der Waals surface area contributed by atoms with Crippen LogP contribution in [0, 0.1) is 41.4 Å². The maximum absolute atomic E-state index is 12.7. The van der Waals surface area contributed by atoms with Gasteiger partial charge in [-0.15, -0.1) is 6.42 Å². The number of carbonyl (C=O) groups excluding carboxylic acids is 2. The molecule has 4 aliphatic carbocycles. The Hall–Kier alpha value is -1.56. The average Bonchev–Trinajstić information content (AvgIpc) is 2.99. The van der Waals surface area contributed by atoms with E-state index in [9.17, 15) is 9.59 Å². The molecule has 0 heterocycles. The largest absolute Gasteiger partial charge is 0.445 e. The fraction of sp³-hybridized carbons (Fsp3) is 0.760. The van der Waals surface area contributed by atoms with Gasteiger partial charge in [0.15, 0.2) is 5.60 Å². The molecule has 6 atom stereocenters. The Morgan fingerprint density at radius 3 is 2.75 bits per heavy atom. The van der Waals surface area contributed by atoms with E-state index in [1.807, 2.05) is 13.8 Å². The third-order valence-corrected chi connectivity index (χ3v) is 8.84. The zero-order valence-electron chi connectivity index (χ0n) is 17.7. The van der Waals surface area contributed by atoms with Crippen molar-refractivity contribution in [3.8, 4) is 12.3 Å². The van der Waals surface area contributed by atoms with Crippen molar-refractivity contribution >= 4 is 11.8 Å². The van der Waals surface area contributed by atoms with Gasteiger partial charge in [-0.3, -0.25) is 9.59 Å². The fourth-order valence-electron chi connectivity index (χ4n) is 6.92. The number of rotatable bonds is 3. The highest BCUT2D eigenvalue weighted by atomic mass is 16.6. The van der Waals surface area contributed by atoms with E-state index in [1.165, 1.54) is 5.57 Å². The van der Waals surface area contributed by atoms with Crippen molar-refractivity contribution in [2.45, 2.75) is 90.6 Å². The van der Waals surface area contributed by atoms with E-state index in [-0.39, 0.29) is 17.3 Å². The molecule has 6 unspecified atom stereocenters. The normalized spacial score (nSPS) is 40.8. The van der Waals surface area contributed by atoms with Crippen LogP contribution < -0.4 is 0 Å². The van der Waals surface area contributed by atoms with Crippen molar-refractivity contribution in [1.29, 1.82) is 0 Å². The summed E-state index contributed by atoms with van der Waals surface area (Å²) in [5.74, 6) is 4.92. The Labute approximate surface area is 169 Å². The summed E-state index contributed by atoms with van der Waals surface area (Å²) in [4.78, 5) is 24.6. The smallest absolute Gasteiger partial charge is 0.310 e. The van der Waals surface area contributed by atoms with Gasteiger partial charge >= 0.3 is 5.97 Å². The van der Waals surface area contributed by atoms with Crippen LogP contribution in [0.3, 0.4) is 0 Å². The summed E-state index contributed by atoms with van der Waals surface area (Å²) in [5, 5.41) is 0. The van der Waals surface area contributed by atoms with Crippen LogP contribution in [0.4, 0.5) is 0 Å². The van der Waals surface area contributed by atoms with Crippen LogP contribution in [0.5, 0.6) is 0 Å². The van der Waals surface area contributed by atoms with Gasteiger partial charge in [0, 0.05) is 18.3 Å². The molecule has 0 aliphatic heterocycles. The number of ketones is 1. The predicted molar refractivity (Wildman–Crippen MR) is 109 cm³/mol. The summed E-state index contributed by atoms with van der Waals surface area (Å²) >= 11 is 0. The van der Waals surface area contributed by atoms with E-state index in [0.29, 0.717) is 30.0 Å². The van der Waals surface area contributed by atoms with Crippen molar-refractivity contribution in [1.82, 2.24) is 0 Å².